The van der Waals surface area contributed by atoms with Crippen molar-refractivity contribution in [2.45, 2.75) is 96.6 Å². The number of fused-ring (bicyclic) bond motifs is 2. The molecule has 13 nitrogen and oxygen atoms in total. The predicted molar refractivity (Wildman–Crippen MR) is 217 cm³/mol. The molecule has 62 heavy (non-hydrogen) atoms. The number of carbonyl (C=O) groups excluding carboxylic acids is 4. The number of aliphatic hydroxyl groups is 1. The lowest BCUT2D eigenvalue weighted by Gasteiger charge is -2.66. The first-order valence-corrected chi connectivity index (χ1v) is 20.9. The van der Waals surface area contributed by atoms with Crippen molar-refractivity contribution in [3.8, 4) is 23.7 Å². The van der Waals surface area contributed by atoms with Crippen LogP contribution in [-0.2, 0) is 22.3 Å². The minimum atomic E-state index is -4.76. The van der Waals surface area contributed by atoms with E-state index in [1.807, 2.05) is 56.9 Å². The van der Waals surface area contributed by atoms with Gasteiger partial charge in [-0.3, -0.25) is 39.2 Å². The van der Waals surface area contributed by atoms with Crippen LogP contribution in [0.1, 0.15) is 108 Å². The second-order valence-corrected chi connectivity index (χ2v) is 18.5. The second kappa shape index (κ2) is 14.9. The quantitative estimate of drug-likeness (QED) is 0.254. The topological polar surface area (TPSA) is 159 Å². The van der Waals surface area contributed by atoms with Gasteiger partial charge in [0.2, 0.25) is 11.8 Å². The number of aliphatic hydroxyl groups excluding tert-OH is 1. The molecule has 2 unspecified atom stereocenters. The lowest BCUT2D eigenvalue weighted by atomic mass is 9.49. The largest absolute Gasteiger partial charge is 0.488 e. The molecule has 0 radical (unpaired) electrons. The highest BCUT2D eigenvalue weighted by atomic mass is 19.4. The van der Waals surface area contributed by atoms with Crippen LogP contribution in [0, 0.1) is 39.9 Å². The van der Waals surface area contributed by atoms with Crippen molar-refractivity contribution in [1.29, 1.82) is 5.26 Å². The zero-order valence-electron chi connectivity index (χ0n) is 34.8. The van der Waals surface area contributed by atoms with Gasteiger partial charge in [0, 0.05) is 66.1 Å². The van der Waals surface area contributed by atoms with Crippen LogP contribution in [0.25, 0.3) is 0 Å². The average molecular weight is 850 g/mol. The maximum atomic E-state index is 13.7. The van der Waals surface area contributed by atoms with Crippen molar-refractivity contribution in [2.75, 3.05) is 31.1 Å². The van der Waals surface area contributed by atoms with Crippen molar-refractivity contribution in [3.63, 3.8) is 0 Å². The van der Waals surface area contributed by atoms with Crippen molar-refractivity contribution in [2.24, 2.45) is 16.7 Å². The smallest absolute Gasteiger partial charge is 0.419 e. The van der Waals surface area contributed by atoms with E-state index in [0.29, 0.717) is 12.6 Å². The molecule has 0 spiro atoms. The highest BCUT2D eigenvalue weighted by Crippen LogP contribution is 2.60. The highest BCUT2D eigenvalue weighted by molar-refractivity contribution is 6.23. The number of piperidine rings is 2. The van der Waals surface area contributed by atoms with Gasteiger partial charge in [0.05, 0.1) is 22.9 Å². The molecule has 6 heterocycles. The van der Waals surface area contributed by atoms with E-state index in [2.05, 4.69) is 31.9 Å². The molecule has 4 fully saturated rings. The van der Waals surface area contributed by atoms with Gasteiger partial charge in [0.15, 0.2) is 5.69 Å². The third kappa shape index (κ3) is 6.89. The number of anilines is 1. The first-order valence-electron chi connectivity index (χ1n) is 20.9. The number of alkyl halides is 3. The number of aromatic nitrogens is 1. The first-order chi connectivity index (χ1) is 29.4. The number of nitrogens with zero attached hydrogens (tertiary/aromatic N) is 6. The Labute approximate surface area is 356 Å². The Morgan fingerprint density at radius 1 is 0.935 bits per heavy atom. The van der Waals surface area contributed by atoms with Gasteiger partial charge in [-0.15, -0.1) is 0 Å². The summed E-state index contributed by atoms with van der Waals surface area (Å²) < 4.78 is 47.1. The number of halogens is 3. The van der Waals surface area contributed by atoms with Gasteiger partial charge in [0.1, 0.15) is 30.2 Å². The molecule has 9 rings (SSSR count). The Bertz CT molecular complexity index is 2490. The molecule has 322 valence electrons. The van der Waals surface area contributed by atoms with Gasteiger partial charge in [-0.25, -0.2) is 4.98 Å². The summed E-state index contributed by atoms with van der Waals surface area (Å²) in [5.74, 6) is 4.97. The molecule has 16 heteroatoms. The monoisotopic (exact) mass is 849 g/mol. The number of hydrogen-bond acceptors (Lipinski definition) is 11. The molecule has 1 aliphatic carbocycles. The van der Waals surface area contributed by atoms with Gasteiger partial charge in [0.25, 0.3) is 11.8 Å². The zero-order valence-corrected chi connectivity index (χ0v) is 34.8. The van der Waals surface area contributed by atoms with Gasteiger partial charge >= 0.3 is 6.18 Å². The minimum absolute atomic E-state index is 0.0653. The number of nitrogens with one attached hydrogen (secondary N) is 1. The average Bonchev–Trinajstić information content (AvgIpc) is 3.65. The van der Waals surface area contributed by atoms with Crippen LogP contribution < -0.4 is 15.0 Å². The van der Waals surface area contributed by atoms with Crippen molar-refractivity contribution in [3.05, 3.63) is 87.7 Å². The summed E-state index contributed by atoms with van der Waals surface area (Å²) in [7, 11) is 0. The maximum Gasteiger partial charge on any atom is 0.419 e. The molecule has 2 atom stereocenters. The number of nitriles is 1. The molecule has 0 bridgehead atoms. The van der Waals surface area contributed by atoms with Crippen LogP contribution in [0.15, 0.2) is 48.7 Å². The number of likely N-dealkylation sites (tertiary alicyclic amines) is 1. The normalized spacial score (nSPS) is 26.2. The molecule has 1 saturated carbocycles. The van der Waals surface area contributed by atoms with Crippen LogP contribution in [0.4, 0.5) is 18.9 Å². The number of amides is 4. The lowest BCUT2D eigenvalue weighted by molar-refractivity contribution is -0.235. The Morgan fingerprint density at radius 2 is 1.65 bits per heavy atom. The summed E-state index contributed by atoms with van der Waals surface area (Å²) in [5, 5.41) is 22.9. The summed E-state index contributed by atoms with van der Waals surface area (Å²) in [6, 6.07) is 12.6. The third-order valence-electron chi connectivity index (χ3n) is 13.8. The number of carbonyl (C=O) groups is 4. The van der Waals surface area contributed by atoms with Crippen molar-refractivity contribution >= 4 is 29.3 Å². The van der Waals surface area contributed by atoms with E-state index >= 15 is 0 Å². The van der Waals surface area contributed by atoms with Gasteiger partial charge in [-0.05, 0) is 79.9 Å². The van der Waals surface area contributed by atoms with Crippen molar-refractivity contribution in [1.82, 2.24) is 25.0 Å². The number of pyridine rings is 1. The van der Waals surface area contributed by atoms with Gasteiger partial charge < -0.3 is 14.7 Å². The maximum absolute atomic E-state index is 13.7. The van der Waals surface area contributed by atoms with Crippen LogP contribution in [-0.4, -0.2) is 98.8 Å². The van der Waals surface area contributed by atoms with E-state index in [9.17, 15) is 37.5 Å². The van der Waals surface area contributed by atoms with E-state index < -0.39 is 70.3 Å². The molecular formula is C46H46F3N7O6. The van der Waals surface area contributed by atoms with E-state index in [1.54, 1.807) is 12.1 Å². The Morgan fingerprint density at radius 3 is 2.32 bits per heavy atom. The van der Waals surface area contributed by atoms with Crippen LogP contribution in [0.3, 0.4) is 0 Å². The first kappa shape index (κ1) is 41.5. The van der Waals surface area contributed by atoms with E-state index in [-0.39, 0.29) is 41.7 Å². The number of benzene rings is 2. The molecule has 5 aliphatic heterocycles. The van der Waals surface area contributed by atoms with Crippen LogP contribution in [0.2, 0.25) is 0 Å². The standard InChI is InChI=1S/C46H46F3N7O6/c1-44(2)42(45(3,4)43(44)62-30-19-34(46(47,48)49)35(20-50)51-21-30)55-22-27-17-26(7-9-31(27)39(55)59)6-5-25-13-15-53(16-14-25)29-23-54(24-29)28-8-10-32-33(18-28)41(61)56(40(32)60)36-11-12-37(57)52-38(36)58/h7-10,17-19,21,25,29,36,39,42-43,59H,11-16,22-24H2,1-4H3,(H,52,57,58)/t36?,39?,42-,43-. The fourth-order valence-electron chi connectivity index (χ4n) is 11.1. The predicted octanol–water partition coefficient (Wildman–Crippen LogP) is 5.01. The summed E-state index contributed by atoms with van der Waals surface area (Å²) in [6.45, 7) is 11.8. The minimum Gasteiger partial charge on any atom is -0.488 e. The summed E-state index contributed by atoms with van der Waals surface area (Å²) in [6.07, 6.45) is -2.94. The molecule has 2 N–H and O–H groups in total. The number of ether oxygens (including phenoxy) is 1. The molecule has 6 aliphatic rings. The fraction of sp³-hybridized carbons (Fsp3) is 0.478. The second-order valence-electron chi connectivity index (χ2n) is 18.5. The van der Waals surface area contributed by atoms with E-state index in [1.165, 1.54) is 6.07 Å². The SMILES string of the molecule is CC1(C)[C@H](Oc2cnc(C#N)c(C(F)(F)F)c2)C(C)(C)[C@H]1N1Cc2cc(C#CC3CCN(C4CN(c5ccc6c(c5)C(=O)N(C5CCC(=O)NC5=O)C6=O)C4)CC3)ccc2C1O. The summed E-state index contributed by atoms with van der Waals surface area (Å²) in [5.41, 5.74) is 1.05. The Kier molecular flexibility index (Phi) is 10.0. The molecule has 2 aromatic carbocycles. The number of hydrogen-bond donors (Lipinski definition) is 2. The summed E-state index contributed by atoms with van der Waals surface area (Å²) >= 11 is 0. The van der Waals surface area contributed by atoms with E-state index in [0.717, 1.165) is 78.6 Å². The van der Waals surface area contributed by atoms with Gasteiger partial charge in [-0.2, -0.15) is 18.4 Å². The highest BCUT2D eigenvalue weighted by Gasteiger charge is 2.67. The number of imide groups is 2. The zero-order chi connectivity index (χ0) is 44.0. The molecular weight excluding hydrogens is 804 g/mol. The van der Waals surface area contributed by atoms with E-state index in [4.69, 9.17) is 10.00 Å². The molecule has 4 amide bonds. The van der Waals surface area contributed by atoms with Crippen LogP contribution in [0.5, 0.6) is 5.75 Å². The van der Waals surface area contributed by atoms with Gasteiger partial charge in [-0.1, -0.05) is 45.6 Å². The summed E-state index contributed by atoms with van der Waals surface area (Å²) in [4.78, 5) is 61.9. The fourth-order valence-corrected chi connectivity index (χ4v) is 11.1. The molecule has 1 aromatic heterocycles. The molecule has 3 saturated heterocycles. The lowest BCUT2D eigenvalue weighted by Crippen LogP contribution is -2.74. The number of rotatable bonds is 6. The Hall–Kier alpha value is -5.81. The third-order valence-corrected chi connectivity index (χ3v) is 13.8. The molecule has 3 aromatic rings. The Balaban J connectivity index is 0.780. The van der Waals surface area contributed by atoms with Crippen LogP contribution >= 0.6 is 0 Å². The van der Waals surface area contributed by atoms with Crippen molar-refractivity contribution < 1.29 is 42.2 Å².